The number of alkyl halides is 2. The van der Waals surface area contributed by atoms with Crippen molar-refractivity contribution >= 4 is 29.9 Å². The number of aromatic nitrogens is 1. The largest absolute Gasteiger partial charge is 0.435 e. The van der Waals surface area contributed by atoms with Crippen LogP contribution in [0.2, 0.25) is 0 Å². The summed E-state index contributed by atoms with van der Waals surface area (Å²) in [7, 11) is 3.64. The molecule has 9 heteroatoms. The number of hydrogen-bond donors (Lipinski definition) is 1. The highest BCUT2D eigenvalue weighted by Crippen LogP contribution is 2.22. The zero-order valence-electron chi connectivity index (χ0n) is 16.7. The van der Waals surface area contributed by atoms with Crippen LogP contribution in [0.5, 0.6) is 5.75 Å². The molecular formula is C19H27F2IN4O2. The van der Waals surface area contributed by atoms with Crippen LogP contribution >= 0.6 is 24.0 Å². The summed E-state index contributed by atoms with van der Waals surface area (Å²) in [5.41, 5.74) is 2.97. The van der Waals surface area contributed by atoms with Crippen molar-refractivity contribution in [1.82, 2.24) is 15.4 Å². The molecule has 0 aliphatic carbocycles. The van der Waals surface area contributed by atoms with Crippen LogP contribution in [0.25, 0.3) is 0 Å². The van der Waals surface area contributed by atoms with Crippen molar-refractivity contribution in [2.75, 3.05) is 20.6 Å². The molecule has 0 radical (unpaired) electrons. The quantitative estimate of drug-likeness (QED) is 0.343. The van der Waals surface area contributed by atoms with Crippen LogP contribution < -0.4 is 10.1 Å². The van der Waals surface area contributed by atoms with Crippen LogP contribution in [0.15, 0.2) is 33.8 Å². The number of rotatable bonds is 7. The highest BCUT2D eigenvalue weighted by molar-refractivity contribution is 14.0. The van der Waals surface area contributed by atoms with Crippen LogP contribution in [-0.2, 0) is 6.54 Å². The second-order valence-electron chi connectivity index (χ2n) is 6.45. The van der Waals surface area contributed by atoms with Gasteiger partial charge in [0.2, 0.25) is 0 Å². The molecule has 1 atom stereocenters. The van der Waals surface area contributed by atoms with Crippen molar-refractivity contribution in [2.24, 2.45) is 4.99 Å². The lowest BCUT2D eigenvalue weighted by Crippen LogP contribution is -2.40. The van der Waals surface area contributed by atoms with E-state index in [4.69, 9.17) is 4.52 Å². The minimum Gasteiger partial charge on any atom is -0.435 e. The van der Waals surface area contributed by atoms with E-state index >= 15 is 0 Å². The molecule has 0 saturated heterocycles. The maximum atomic E-state index is 12.2. The molecule has 0 aliphatic heterocycles. The van der Waals surface area contributed by atoms with Crippen molar-refractivity contribution in [1.29, 1.82) is 0 Å². The lowest BCUT2D eigenvalue weighted by atomic mass is 10.00. The lowest BCUT2D eigenvalue weighted by Gasteiger charge is -2.24. The third kappa shape index (κ3) is 6.61. The number of guanidine groups is 1. The fraction of sp³-hybridized carbons (Fsp3) is 0.474. The number of ether oxygens (including phenoxy) is 1. The summed E-state index contributed by atoms with van der Waals surface area (Å²) in [6, 6.07) is 6.58. The highest BCUT2D eigenvalue weighted by Gasteiger charge is 2.17. The Balaban J connectivity index is 0.00000392. The number of halogens is 3. The van der Waals surface area contributed by atoms with Crippen LogP contribution in [-0.4, -0.2) is 43.3 Å². The van der Waals surface area contributed by atoms with E-state index in [2.05, 4.69) is 27.1 Å². The number of aryl methyl sites for hydroxylation is 2. The number of hydrogen-bond acceptors (Lipinski definition) is 4. The van der Waals surface area contributed by atoms with Gasteiger partial charge in [-0.2, -0.15) is 8.78 Å². The van der Waals surface area contributed by atoms with Gasteiger partial charge < -0.3 is 19.5 Å². The molecule has 0 fully saturated rings. The zero-order valence-corrected chi connectivity index (χ0v) is 19.0. The average molecular weight is 508 g/mol. The van der Waals surface area contributed by atoms with Gasteiger partial charge in [0.25, 0.3) is 0 Å². The van der Waals surface area contributed by atoms with Gasteiger partial charge in [-0.15, -0.1) is 24.0 Å². The Morgan fingerprint density at radius 3 is 2.43 bits per heavy atom. The van der Waals surface area contributed by atoms with Gasteiger partial charge in [-0.25, -0.2) is 0 Å². The van der Waals surface area contributed by atoms with Gasteiger partial charge in [0.15, 0.2) is 5.96 Å². The summed E-state index contributed by atoms with van der Waals surface area (Å²) >= 11 is 0. The van der Waals surface area contributed by atoms with Crippen molar-refractivity contribution in [3.8, 4) is 5.75 Å². The monoisotopic (exact) mass is 508 g/mol. The molecule has 28 heavy (non-hydrogen) atoms. The summed E-state index contributed by atoms with van der Waals surface area (Å²) in [6.07, 6.45) is 0. The summed E-state index contributed by atoms with van der Waals surface area (Å²) in [6.45, 7) is 4.39. The second kappa shape index (κ2) is 11.2. The van der Waals surface area contributed by atoms with Gasteiger partial charge in [0, 0.05) is 38.7 Å². The number of aliphatic imine (C=N–C) groups is 1. The van der Waals surface area contributed by atoms with Gasteiger partial charge >= 0.3 is 6.61 Å². The van der Waals surface area contributed by atoms with E-state index in [-0.39, 0.29) is 35.6 Å². The molecule has 6 nitrogen and oxygen atoms in total. The zero-order chi connectivity index (χ0) is 20.0. The Hall–Kier alpha value is -1.91. The lowest BCUT2D eigenvalue weighted by molar-refractivity contribution is -0.0498. The van der Waals surface area contributed by atoms with Crippen LogP contribution in [0.1, 0.15) is 35.4 Å². The first-order valence-corrected chi connectivity index (χ1v) is 8.70. The van der Waals surface area contributed by atoms with Gasteiger partial charge in [0.1, 0.15) is 11.5 Å². The molecule has 0 spiro atoms. The standard InChI is InChI=1S/C19H26F2N4O2.HI/c1-12(17-13(2)24-27-14(17)3)10-23-19(22-4)25(5)11-15-6-8-16(9-7-15)26-18(20)21;/h6-9,12,18H,10-11H2,1-5H3,(H,22,23);1H. The summed E-state index contributed by atoms with van der Waals surface area (Å²) in [4.78, 5) is 6.27. The van der Waals surface area contributed by atoms with Crippen LogP contribution in [0, 0.1) is 13.8 Å². The van der Waals surface area contributed by atoms with Gasteiger partial charge in [-0.1, -0.05) is 24.2 Å². The molecule has 1 N–H and O–H groups in total. The van der Waals surface area contributed by atoms with Crippen molar-refractivity contribution in [2.45, 2.75) is 39.8 Å². The molecule has 2 aromatic rings. The second-order valence-corrected chi connectivity index (χ2v) is 6.45. The van der Waals surface area contributed by atoms with Crippen molar-refractivity contribution < 1.29 is 18.0 Å². The maximum Gasteiger partial charge on any atom is 0.387 e. The van der Waals surface area contributed by atoms with E-state index in [1.54, 1.807) is 19.2 Å². The number of benzene rings is 1. The first-order valence-electron chi connectivity index (χ1n) is 8.70. The average Bonchev–Trinajstić information content (AvgIpc) is 2.95. The Morgan fingerprint density at radius 1 is 1.29 bits per heavy atom. The molecule has 1 aromatic carbocycles. The normalized spacial score (nSPS) is 12.5. The van der Waals surface area contributed by atoms with E-state index in [1.165, 1.54) is 12.1 Å². The van der Waals surface area contributed by atoms with E-state index < -0.39 is 6.61 Å². The maximum absolute atomic E-state index is 12.2. The smallest absolute Gasteiger partial charge is 0.387 e. The Morgan fingerprint density at radius 2 is 1.93 bits per heavy atom. The Kier molecular flexibility index (Phi) is 9.63. The molecule has 2 rings (SSSR count). The topological polar surface area (TPSA) is 62.9 Å². The minimum atomic E-state index is -2.82. The van der Waals surface area contributed by atoms with Crippen LogP contribution in [0.3, 0.4) is 0 Å². The SMILES string of the molecule is CN=C(NCC(C)c1c(C)noc1C)N(C)Cc1ccc(OC(F)F)cc1.I. The molecule has 0 amide bonds. The predicted octanol–water partition coefficient (Wildman–Crippen LogP) is 4.32. The van der Waals surface area contributed by atoms with Crippen molar-refractivity contribution in [3.05, 3.63) is 46.8 Å². The molecule has 1 aromatic heterocycles. The molecular weight excluding hydrogens is 481 g/mol. The molecule has 0 bridgehead atoms. The minimum absolute atomic E-state index is 0. The number of nitrogens with zero attached hydrogens (tertiary/aromatic N) is 3. The Bertz CT molecular complexity index is 746. The van der Waals surface area contributed by atoms with Crippen LogP contribution in [0.4, 0.5) is 8.78 Å². The third-order valence-electron chi connectivity index (χ3n) is 4.29. The van der Waals surface area contributed by atoms with E-state index in [1.807, 2.05) is 25.8 Å². The van der Waals surface area contributed by atoms with Crippen molar-refractivity contribution in [3.63, 3.8) is 0 Å². The third-order valence-corrected chi connectivity index (χ3v) is 4.29. The predicted molar refractivity (Wildman–Crippen MR) is 116 cm³/mol. The summed E-state index contributed by atoms with van der Waals surface area (Å²) < 4.78 is 34.0. The van der Waals surface area contributed by atoms with Gasteiger partial charge in [0.05, 0.1) is 5.69 Å². The molecule has 0 saturated carbocycles. The summed E-state index contributed by atoms with van der Waals surface area (Å²) in [5, 5.41) is 7.35. The number of nitrogens with one attached hydrogen (secondary N) is 1. The Labute approximate surface area is 181 Å². The first kappa shape index (κ1) is 24.1. The van der Waals surface area contributed by atoms with E-state index in [0.717, 1.165) is 28.5 Å². The molecule has 156 valence electrons. The van der Waals surface area contributed by atoms with E-state index in [0.29, 0.717) is 13.1 Å². The first-order chi connectivity index (χ1) is 12.8. The molecule has 1 unspecified atom stereocenters. The fourth-order valence-corrected chi connectivity index (χ4v) is 3.05. The molecule has 0 aliphatic rings. The van der Waals surface area contributed by atoms with Gasteiger partial charge in [-0.3, -0.25) is 4.99 Å². The molecule has 1 heterocycles. The highest BCUT2D eigenvalue weighted by atomic mass is 127. The fourth-order valence-electron chi connectivity index (χ4n) is 3.05. The summed E-state index contributed by atoms with van der Waals surface area (Å²) in [5.74, 6) is 1.93. The van der Waals surface area contributed by atoms with E-state index in [9.17, 15) is 8.78 Å². The van der Waals surface area contributed by atoms with Gasteiger partial charge in [-0.05, 0) is 31.5 Å².